The fourth-order valence-corrected chi connectivity index (χ4v) is 4.64. The molecule has 1 aromatic carbocycles. The van der Waals surface area contributed by atoms with E-state index in [1.807, 2.05) is 27.7 Å². The average molecular weight is 419 g/mol. The molecule has 3 rings (SSSR count). The largest absolute Gasteiger partial charge is 0.494 e. The second-order valence-corrected chi connectivity index (χ2v) is 10.7. The third-order valence-electron chi connectivity index (χ3n) is 5.83. The van der Waals surface area contributed by atoms with Gasteiger partial charge in [0.1, 0.15) is 6.04 Å². The van der Waals surface area contributed by atoms with Crippen molar-refractivity contribution in [1.82, 2.24) is 4.90 Å². The molecule has 10 heteroatoms. The number of alkyl halides is 3. The number of sulfone groups is 1. The summed E-state index contributed by atoms with van der Waals surface area (Å²) >= 11 is 0. The first-order valence-corrected chi connectivity index (χ1v) is 11.0. The summed E-state index contributed by atoms with van der Waals surface area (Å²) in [4.78, 5) is 1.19. The molecule has 28 heavy (non-hydrogen) atoms. The second kappa shape index (κ2) is 7.00. The maximum Gasteiger partial charge on any atom is 0.494 e. The maximum atomic E-state index is 13.7. The van der Waals surface area contributed by atoms with Gasteiger partial charge in [-0.15, -0.1) is 0 Å². The predicted octanol–water partition coefficient (Wildman–Crippen LogP) is 2.32. The van der Waals surface area contributed by atoms with Crippen LogP contribution in [0.2, 0.25) is 0 Å². The smallest absolute Gasteiger partial charge is 0.399 e. The number of halogens is 3. The lowest BCUT2D eigenvalue weighted by Crippen LogP contribution is -2.47. The van der Waals surface area contributed by atoms with Crippen molar-refractivity contribution in [3.05, 3.63) is 29.8 Å². The molecule has 2 saturated heterocycles. The Morgan fingerprint density at radius 3 is 1.89 bits per heavy atom. The van der Waals surface area contributed by atoms with Crippen molar-refractivity contribution in [3.8, 4) is 0 Å². The highest BCUT2D eigenvalue weighted by Crippen LogP contribution is 2.39. The summed E-state index contributed by atoms with van der Waals surface area (Å²) in [5.41, 5.74) is -0.356. The number of rotatable bonds is 3. The van der Waals surface area contributed by atoms with Crippen LogP contribution < -0.4 is 5.46 Å². The van der Waals surface area contributed by atoms with Gasteiger partial charge in [-0.05, 0) is 38.7 Å². The fraction of sp³-hybridized carbons (Fsp3) is 0.667. The molecule has 2 aliphatic rings. The Morgan fingerprint density at radius 2 is 1.46 bits per heavy atom. The Bertz CT molecular complexity index is 794. The van der Waals surface area contributed by atoms with Crippen molar-refractivity contribution in [2.45, 2.75) is 51.1 Å². The lowest BCUT2D eigenvalue weighted by Gasteiger charge is -2.35. The minimum Gasteiger partial charge on any atom is -0.399 e. The van der Waals surface area contributed by atoms with E-state index in [-0.39, 0.29) is 30.2 Å². The molecule has 0 spiro atoms. The summed E-state index contributed by atoms with van der Waals surface area (Å²) in [6, 6.07) is 4.16. The minimum atomic E-state index is -4.51. The van der Waals surface area contributed by atoms with Gasteiger partial charge in [0.05, 0.1) is 22.7 Å². The van der Waals surface area contributed by atoms with Crippen molar-refractivity contribution in [1.29, 1.82) is 0 Å². The van der Waals surface area contributed by atoms with E-state index in [2.05, 4.69) is 0 Å². The van der Waals surface area contributed by atoms with Crippen molar-refractivity contribution in [3.63, 3.8) is 0 Å². The molecule has 2 aliphatic heterocycles. The van der Waals surface area contributed by atoms with E-state index in [4.69, 9.17) is 9.31 Å². The number of nitrogens with zero attached hydrogens (tertiary/aromatic N) is 1. The number of hydrogen-bond acceptors (Lipinski definition) is 5. The SMILES string of the molecule is CC1(C)OB(c2ccc(C(N3CCS(=O)(=O)CC3)C(F)(F)F)cc2)OC1(C)C. The van der Waals surface area contributed by atoms with E-state index in [9.17, 15) is 21.6 Å². The first-order valence-electron chi connectivity index (χ1n) is 9.19. The van der Waals surface area contributed by atoms with Crippen molar-refractivity contribution >= 4 is 22.4 Å². The zero-order valence-corrected chi connectivity index (χ0v) is 17.2. The van der Waals surface area contributed by atoms with Crippen LogP contribution in [0.25, 0.3) is 0 Å². The zero-order chi connectivity index (χ0) is 21.0. The standard InChI is InChI=1S/C18H25BF3NO4S/c1-16(2)17(3,4)27-19(26-16)14-7-5-13(6-8-14)15(18(20,21)22)23-9-11-28(24,25)12-10-23/h5-8,15H,9-12H2,1-4H3. The van der Waals surface area contributed by atoms with E-state index in [1.165, 1.54) is 17.0 Å². The molecule has 0 saturated carbocycles. The van der Waals surface area contributed by atoms with Gasteiger partial charge in [-0.25, -0.2) is 8.42 Å². The second-order valence-electron chi connectivity index (χ2n) is 8.39. The van der Waals surface area contributed by atoms with E-state index in [0.717, 1.165) is 0 Å². The van der Waals surface area contributed by atoms with Gasteiger partial charge in [0.15, 0.2) is 9.84 Å². The monoisotopic (exact) mass is 419 g/mol. The van der Waals surface area contributed by atoms with Crippen LogP contribution in [0.4, 0.5) is 13.2 Å². The van der Waals surface area contributed by atoms with Gasteiger partial charge in [0.2, 0.25) is 0 Å². The number of benzene rings is 1. The maximum absolute atomic E-state index is 13.7. The van der Waals surface area contributed by atoms with Crippen molar-refractivity contribution in [2.24, 2.45) is 0 Å². The lowest BCUT2D eigenvalue weighted by molar-refractivity contribution is -0.185. The van der Waals surface area contributed by atoms with Gasteiger partial charge >= 0.3 is 13.3 Å². The highest BCUT2D eigenvalue weighted by Gasteiger charge is 2.52. The summed E-state index contributed by atoms with van der Waals surface area (Å²) in [6.07, 6.45) is -4.51. The van der Waals surface area contributed by atoms with Crippen molar-refractivity contribution in [2.75, 3.05) is 24.6 Å². The molecule has 5 nitrogen and oxygen atoms in total. The lowest BCUT2D eigenvalue weighted by atomic mass is 9.78. The first kappa shape index (κ1) is 21.6. The van der Waals surface area contributed by atoms with Crippen LogP contribution in [0.15, 0.2) is 24.3 Å². The van der Waals surface area contributed by atoms with Gasteiger partial charge in [0, 0.05) is 13.1 Å². The van der Waals surface area contributed by atoms with Crippen molar-refractivity contribution < 1.29 is 30.9 Å². The molecule has 0 aliphatic carbocycles. The normalized spacial score (nSPS) is 25.6. The molecule has 0 N–H and O–H groups in total. The summed E-state index contributed by atoms with van der Waals surface area (Å²) in [7, 11) is -3.91. The predicted molar refractivity (Wildman–Crippen MR) is 101 cm³/mol. The molecule has 2 fully saturated rings. The Morgan fingerprint density at radius 1 is 1.00 bits per heavy atom. The van der Waals surface area contributed by atoms with E-state index >= 15 is 0 Å². The van der Waals surface area contributed by atoms with E-state index in [1.54, 1.807) is 12.1 Å². The molecule has 1 atom stereocenters. The molecule has 0 amide bonds. The van der Waals surface area contributed by atoms with Gasteiger partial charge < -0.3 is 9.31 Å². The molecule has 0 bridgehead atoms. The average Bonchev–Trinajstić information content (AvgIpc) is 2.77. The fourth-order valence-electron chi connectivity index (χ4n) is 3.41. The Kier molecular flexibility index (Phi) is 5.40. The third-order valence-corrected chi connectivity index (χ3v) is 7.44. The van der Waals surface area contributed by atoms with Crippen LogP contribution in [-0.2, 0) is 19.1 Å². The highest BCUT2D eigenvalue weighted by atomic mass is 32.2. The molecule has 1 aromatic rings. The molecule has 2 heterocycles. The van der Waals surface area contributed by atoms with Gasteiger partial charge in [-0.3, -0.25) is 4.90 Å². The molecular weight excluding hydrogens is 394 g/mol. The van der Waals surface area contributed by atoms with Gasteiger partial charge in [-0.1, -0.05) is 24.3 Å². The summed E-state index contributed by atoms with van der Waals surface area (Å²) in [6.45, 7) is 7.37. The third kappa shape index (κ3) is 4.24. The van der Waals surface area contributed by atoms with E-state index in [0.29, 0.717) is 5.46 Å². The Balaban J connectivity index is 1.82. The first-order chi connectivity index (χ1) is 12.7. The van der Waals surface area contributed by atoms with Crippen LogP contribution in [0.1, 0.15) is 39.3 Å². The summed E-state index contributed by atoms with van der Waals surface area (Å²) < 4.78 is 76.2. The van der Waals surface area contributed by atoms with Gasteiger partial charge in [-0.2, -0.15) is 13.2 Å². The van der Waals surface area contributed by atoms with Crippen LogP contribution >= 0.6 is 0 Å². The molecule has 0 radical (unpaired) electrons. The molecule has 156 valence electrons. The molecular formula is C18H25BF3NO4S. The molecule has 1 unspecified atom stereocenters. The van der Waals surface area contributed by atoms with Gasteiger partial charge in [0.25, 0.3) is 0 Å². The van der Waals surface area contributed by atoms with E-state index < -0.39 is 40.4 Å². The minimum absolute atomic E-state index is 0.0760. The Hall–Kier alpha value is -1.10. The van der Waals surface area contributed by atoms with Crippen LogP contribution in [-0.4, -0.2) is 62.4 Å². The quantitative estimate of drug-likeness (QED) is 0.705. The van der Waals surface area contributed by atoms with Crippen LogP contribution in [0, 0.1) is 0 Å². The highest BCUT2D eigenvalue weighted by molar-refractivity contribution is 7.91. The van der Waals surface area contributed by atoms with Crippen LogP contribution in [0.5, 0.6) is 0 Å². The summed E-state index contributed by atoms with van der Waals surface area (Å²) in [5, 5.41) is 0. The van der Waals surface area contributed by atoms with Crippen LogP contribution in [0.3, 0.4) is 0 Å². The Labute approximate surface area is 164 Å². The molecule has 0 aromatic heterocycles. The topological polar surface area (TPSA) is 55.8 Å². The summed E-state index contributed by atoms with van der Waals surface area (Å²) in [5.74, 6) is -0.517. The zero-order valence-electron chi connectivity index (χ0n) is 16.4. The number of hydrogen-bond donors (Lipinski definition) is 0.